The van der Waals surface area contributed by atoms with E-state index in [1.165, 1.54) is 18.4 Å². The molecule has 1 fully saturated rings. The number of aromatic nitrogens is 2. The number of hydrogen-bond donors (Lipinski definition) is 1. The lowest BCUT2D eigenvalue weighted by atomic mass is 10.2. The minimum Gasteiger partial charge on any atom is -0.356 e. The Balaban J connectivity index is 1.68. The van der Waals surface area contributed by atoms with Gasteiger partial charge in [-0.05, 0) is 25.8 Å². The van der Waals surface area contributed by atoms with Crippen LogP contribution >= 0.6 is 11.3 Å². The van der Waals surface area contributed by atoms with Gasteiger partial charge < -0.3 is 10.2 Å². The van der Waals surface area contributed by atoms with Crippen molar-refractivity contribution in [3.63, 3.8) is 0 Å². The minimum atomic E-state index is 0.816. The maximum atomic E-state index is 4.74. The fourth-order valence-electron chi connectivity index (χ4n) is 2.56. The van der Waals surface area contributed by atoms with Crippen LogP contribution in [0.3, 0.4) is 0 Å². The van der Waals surface area contributed by atoms with Gasteiger partial charge in [-0.3, -0.25) is 0 Å². The predicted octanol–water partition coefficient (Wildman–Crippen LogP) is 2.74. The van der Waals surface area contributed by atoms with Gasteiger partial charge in [-0.15, -0.1) is 11.3 Å². The van der Waals surface area contributed by atoms with Crippen LogP contribution in [0, 0.1) is 6.92 Å². The van der Waals surface area contributed by atoms with Crippen LogP contribution in [0.2, 0.25) is 0 Å². The summed E-state index contributed by atoms with van der Waals surface area (Å²) in [5, 5.41) is 5.55. The molecule has 0 unspecified atom stereocenters. The van der Waals surface area contributed by atoms with Gasteiger partial charge in [0, 0.05) is 42.8 Å². The summed E-state index contributed by atoms with van der Waals surface area (Å²) in [6, 6.07) is 4.30. The predicted molar refractivity (Wildman–Crippen MR) is 83.1 cm³/mol. The van der Waals surface area contributed by atoms with E-state index in [2.05, 4.69) is 39.6 Å². The van der Waals surface area contributed by atoms with Gasteiger partial charge >= 0.3 is 0 Å². The van der Waals surface area contributed by atoms with Crippen LogP contribution in [0.4, 0.5) is 5.82 Å². The highest BCUT2D eigenvalue weighted by Gasteiger charge is 2.17. The Morgan fingerprint density at radius 2 is 2.10 bits per heavy atom. The second-order valence-electron chi connectivity index (χ2n) is 5.21. The molecule has 0 saturated carbocycles. The zero-order chi connectivity index (χ0) is 13.8. The molecule has 4 nitrogen and oxygen atoms in total. The van der Waals surface area contributed by atoms with Crippen molar-refractivity contribution in [1.29, 1.82) is 0 Å². The van der Waals surface area contributed by atoms with Crippen molar-refractivity contribution in [1.82, 2.24) is 15.3 Å². The molecule has 2 aromatic heterocycles. The molecule has 0 aromatic carbocycles. The number of aryl methyl sites for hydroxylation is 1. The standard InChI is InChI=1S/C15H20N4S/c1-12-4-5-13(8-16-9-14-10-20-11-17-14)15(18-12)19-6-2-3-7-19/h4-5,10-11,16H,2-3,6-9H2,1H3. The molecule has 0 bridgehead atoms. The summed E-state index contributed by atoms with van der Waals surface area (Å²) in [4.78, 5) is 11.4. The highest BCUT2D eigenvalue weighted by Crippen LogP contribution is 2.23. The normalized spacial score (nSPS) is 14.9. The Hall–Kier alpha value is -1.46. The number of hydrogen-bond acceptors (Lipinski definition) is 5. The third-order valence-electron chi connectivity index (χ3n) is 3.61. The molecule has 0 aliphatic carbocycles. The molecular formula is C15H20N4S. The molecule has 3 heterocycles. The maximum absolute atomic E-state index is 4.74. The number of anilines is 1. The van der Waals surface area contributed by atoms with E-state index in [4.69, 9.17) is 4.98 Å². The number of pyridine rings is 1. The van der Waals surface area contributed by atoms with E-state index >= 15 is 0 Å². The summed E-state index contributed by atoms with van der Waals surface area (Å²) in [7, 11) is 0. The Bertz CT molecular complexity index is 547. The van der Waals surface area contributed by atoms with Crippen LogP contribution in [0.25, 0.3) is 0 Å². The fraction of sp³-hybridized carbons (Fsp3) is 0.467. The van der Waals surface area contributed by atoms with E-state index in [0.29, 0.717) is 0 Å². The summed E-state index contributed by atoms with van der Waals surface area (Å²) in [5.41, 5.74) is 5.36. The molecule has 1 saturated heterocycles. The van der Waals surface area contributed by atoms with Gasteiger partial charge in [0.25, 0.3) is 0 Å². The Morgan fingerprint density at radius 1 is 1.25 bits per heavy atom. The van der Waals surface area contributed by atoms with Crippen LogP contribution in [0.5, 0.6) is 0 Å². The molecule has 1 aliphatic heterocycles. The summed E-state index contributed by atoms with van der Waals surface area (Å²) < 4.78 is 0. The molecule has 20 heavy (non-hydrogen) atoms. The molecule has 0 radical (unpaired) electrons. The zero-order valence-electron chi connectivity index (χ0n) is 11.8. The lowest BCUT2D eigenvalue weighted by molar-refractivity contribution is 0.678. The largest absolute Gasteiger partial charge is 0.356 e. The average molecular weight is 288 g/mol. The van der Waals surface area contributed by atoms with Crippen molar-refractivity contribution in [2.45, 2.75) is 32.9 Å². The summed E-state index contributed by atoms with van der Waals surface area (Å²) in [5.74, 6) is 1.16. The van der Waals surface area contributed by atoms with Crippen molar-refractivity contribution >= 4 is 17.2 Å². The molecule has 2 aromatic rings. The van der Waals surface area contributed by atoms with Crippen LogP contribution in [-0.4, -0.2) is 23.1 Å². The van der Waals surface area contributed by atoms with E-state index in [-0.39, 0.29) is 0 Å². The Kier molecular flexibility index (Phi) is 4.28. The number of thiazole rings is 1. The number of rotatable bonds is 5. The van der Waals surface area contributed by atoms with Gasteiger partial charge in [0.1, 0.15) is 5.82 Å². The Labute approximate surface area is 123 Å². The van der Waals surface area contributed by atoms with Gasteiger partial charge in [-0.1, -0.05) is 6.07 Å². The summed E-state index contributed by atoms with van der Waals surface area (Å²) >= 11 is 1.64. The summed E-state index contributed by atoms with van der Waals surface area (Å²) in [6.07, 6.45) is 2.56. The van der Waals surface area contributed by atoms with Crippen molar-refractivity contribution in [2.75, 3.05) is 18.0 Å². The van der Waals surface area contributed by atoms with Crippen LogP contribution in [-0.2, 0) is 13.1 Å². The van der Waals surface area contributed by atoms with Gasteiger partial charge in [0.05, 0.1) is 11.2 Å². The zero-order valence-corrected chi connectivity index (χ0v) is 12.6. The van der Waals surface area contributed by atoms with Crippen LogP contribution in [0.1, 0.15) is 29.8 Å². The molecule has 0 amide bonds. The lowest BCUT2D eigenvalue weighted by Crippen LogP contribution is -2.23. The molecule has 5 heteroatoms. The second-order valence-corrected chi connectivity index (χ2v) is 5.93. The topological polar surface area (TPSA) is 41.1 Å². The maximum Gasteiger partial charge on any atom is 0.133 e. The quantitative estimate of drug-likeness (QED) is 0.918. The molecular weight excluding hydrogens is 268 g/mol. The lowest BCUT2D eigenvalue weighted by Gasteiger charge is -2.20. The SMILES string of the molecule is Cc1ccc(CNCc2cscn2)c(N2CCCC2)n1. The van der Waals surface area contributed by atoms with Crippen molar-refractivity contribution in [3.8, 4) is 0 Å². The monoisotopic (exact) mass is 288 g/mol. The van der Waals surface area contributed by atoms with E-state index < -0.39 is 0 Å². The fourth-order valence-corrected chi connectivity index (χ4v) is 3.12. The number of nitrogens with one attached hydrogen (secondary N) is 1. The highest BCUT2D eigenvalue weighted by atomic mass is 32.1. The second kappa shape index (κ2) is 6.33. The average Bonchev–Trinajstić information content (AvgIpc) is 3.12. The van der Waals surface area contributed by atoms with E-state index in [9.17, 15) is 0 Å². The van der Waals surface area contributed by atoms with Crippen molar-refractivity contribution in [3.05, 3.63) is 40.0 Å². The van der Waals surface area contributed by atoms with E-state index in [0.717, 1.165) is 43.4 Å². The first kappa shape index (κ1) is 13.5. The van der Waals surface area contributed by atoms with Crippen molar-refractivity contribution < 1.29 is 0 Å². The third-order valence-corrected chi connectivity index (χ3v) is 4.24. The van der Waals surface area contributed by atoms with E-state index in [1.54, 1.807) is 11.3 Å². The van der Waals surface area contributed by atoms with Gasteiger partial charge in [0.15, 0.2) is 0 Å². The van der Waals surface area contributed by atoms with Crippen molar-refractivity contribution in [2.24, 2.45) is 0 Å². The first-order valence-corrected chi connectivity index (χ1v) is 8.06. The molecule has 1 N–H and O–H groups in total. The molecule has 3 rings (SSSR count). The Morgan fingerprint density at radius 3 is 2.85 bits per heavy atom. The molecule has 0 atom stereocenters. The summed E-state index contributed by atoms with van der Waals surface area (Å²) in [6.45, 7) is 5.99. The highest BCUT2D eigenvalue weighted by molar-refractivity contribution is 7.07. The van der Waals surface area contributed by atoms with Gasteiger partial charge in [-0.25, -0.2) is 9.97 Å². The minimum absolute atomic E-state index is 0.816. The third kappa shape index (κ3) is 3.16. The molecule has 0 spiro atoms. The van der Waals surface area contributed by atoms with Crippen LogP contribution in [0.15, 0.2) is 23.0 Å². The smallest absolute Gasteiger partial charge is 0.133 e. The van der Waals surface area contributed by atoms with Gasteiger partial charge in [-0.2, -0.15) is 0 Å². The van der Waals surface area contributed by atoms with Gasteiger partial charge in [0.2, 0.25) is 0 Å². The number of nitrogens with zero attached hydrogens (tertiary/aromatic N) is 3. The molecule has 106 valence electrons. The van der Waals surface area contributed by atoms with E-state index in [1.807, 2.05) is 5.51 Å². The van der Waals surface area contributed by atoms with Crippen LogP contribution < -0.4 is 10.2 Å². The first-order chi connectivity index (χ1) is 9.83. The first-order valence-electron chi connectivity index (χ1n) is 7.12. The molecule has 1 aliphatic rings.